The largest absolute Gasteiger partial charge is 0.480 e. The summed E-state index contributed by atoms with van der Waals surface area (Å²) in [6.07, 6.45) is 2.98. The predicted molar refractivity (Wildman–Crippen MR) is 70.3 cm³/mol. The Labute approximate surface area is 120 Å². The van der Waals surface area contributed by atoms with E-state index in [1.807, 2.05) is 0 Å². The number of H-pyrrole nitrogens is 1. The minimum Gasteiger partial charge on any atom is -0.480 e. The maximum Gasteiger partial charge on any atom is 0.326 e. The molecule has 10 heteroatoms. The van der Waals surface area contributed by atoms with Gasteiger partial charge in [0.1, 0.15) is 12.6 Å². The number of ether oxygens (including phenoxy) is 1. The molecule has 0 spiro atoms. The van der Waals surface area contributed by atoms with Crippen LogP contribution in [-0.2, 0) is 20.7 Å². The summed E-state index contributed by atoms with van der Waals surface area (Å²) in [6, 6.07) is -1.73. The highest BCUT2D eigenvalue weighted by molar-refractivity contribution is 5.82. The van der Waals surface area contributed by atoms with Crippen LogP contribution in [0.4, 0.5) is 4.79 Å². The normalized spacial score (nSPS) is 11.6. The molecule has 1 atom stereocenters. The standard InChI is InChI=1S/C11H17N5O5/c12-9(17)5-21-2-1-14-11(20)16-8(10(18)19)3-7-4-13-6-15-7/h4,6,8H,1-3,5H2,(H2,12,17)(H,13,15)(H,18,19)(H2,14,16,20). The van der Waals surface area contributed by atoms with Crippen molar-refractivity contribution >= 4 is 17.9 Å². The van der Waals surface area contributed by atoms with E-state index in [0.717, 1.165) is 0 Å². The molecule has 21 heavy (non-hydrogen) atoms. The van der Waals surface area contributed by atoms with Crippen LogP contribution in [0.5, 0.6) is 0 Å². The van der Waals surface area contributed by atoms with Crippen LogP contribution in [0.1, 0.15) is 5.69 Å². The fourth-order valence-corrected chi connectivity index (χ4v) is 1.44. The summed E-state index contributed by atoms with van der Waals surface area (Å²) in [7, 11) is 0. The van der Waals surface area contributed by atoms with Crippen LogP contribution in [0, 0.1) is 0 Å². The van der Waals surface area contributed by atoms with Gasteiger partial charge in [0, 0.05) is 24.9 Å². The molecule has 1 aromatic rings. The molecule has 0 bridgehead atoms. The molecule has 0 aromatic carbocycles. The number of aromatic nitrogens is 2. The van der Waals surface area contributed by atoms with E-state index >= 15 is 0 Å². The molecule has 6 N–H and O–H groups in total. The predicted octanol–water partition coefficient (Wildman–Crippen LogP) is -1.79. The zero-order valence-corrected chi connectivity index (χ0v) is 11.2. The molecule has 0 radical (unpaired) electrons. The Morgan fingerprint density at radius 3 is 2.81 bits per heavy atom. The first-order valence-electron chi connectivity index (χ1n) is 6.09. The summed E-state index contributed by atoms with van der Waals surface area (Å²) in [6.45, 7) is -0.0228. The Bertz CT molecular complexity index is 475. The van der Waals surface area contributed by atoms with Gasteiger partial charge in [-0.3, -0.25) is 4.79 Å². The molecule has 10 nitrogen and oxygen atoms in total. The molecule has 1 heterocycles. The third-order valence-corrected chi connectivity index (χ3v) is 2.36. The Kier molecular flexibility index (Phi) is 6.68. The molecule has 1 aromatic heterocycles. The average Bonchev–Trinajstić information content (AvgIpc) is 2.90. The summed E-state index contributed by atoms with van der Waals surface area (Å²) in [4.78, 5) is 39.5. The van der Waals surface area contributed by atoms with Gasteiger partial charge in [0.25, 0.3) is 0 Å². The number of urea groups is 1. The SMILES string of the molecule is NC(=O)COCCNC(=O)NC(Cc1cnc[nH]1)C(=O)O. The van der Waals surface area contributed by atoms with E-state index in [0.29, 0.717) is 5.69 Å². The zero-order valence-electron chi connectivity index (χ0n) is 11.2. The quantitative estimate of drug-likeness (QED) is 0.338. The molecular formula is C11H17N5O5. The van der Waals surface area contributed by atoms with Gasteiger partial charge in [0.2, 0.25) is 5.91 Å². The van der Waals surface area contributed by atoms with Crippen molar-refractivity contribution in [2.75, 3.05) is 19.8 Å². The number of aromatic amines is 1. The van der Waals surface area contributed by atoms with E-state index in [4.69, 9.17) is 15.6 Å². The molecular weight excluding hydrogens is 282 g/mol. The van der Waals surface area contributed by atoms with Crippen molar-refractivity contribution in [3.8, 4) is 0 Å². The number of carboxylic acid groups (broad SMARTS) is 1. The number of nitrogens with one attached hydrogen (secondary N) is 3. The number of carboxylic acids is 1. The number of amides is 3. The topological polar surface area (TPSA) is 159 Å². The Hall–Kier alpha value is -2.62. The smallest absolute Gasteiger partial charge is 0.326 e. The zero-order chi connectivity index (χ0) is 15.7. The fourth-order valence-electron chi connectivity index (χ4n) is 1.44. The number of imidazole rings is 1. The first-order chi connectivity index (χ1) is 9.99. The molecule has 0 saturated carbocycles. The van der Waals surface area contributed by atoms with E-state index in [2.05, 4.69) is 20.6 Å². The summed E-state index contributed by atoms with van der Waals surface area (Å²) >= 11 is 0. The second-order valence-electron chi connectivity index (χ2n) is 4.09. The van der Waals surface area contributed by atoms with E-state index in [1.54, 1.807) is 0 Å². The summed E-state index contributed by atoms with van der Waals surface area (Å²) in [5.41, 5.74) is 5.45. The van der Waals surface area contributed by atoms with Crippen molar-refractivity contribution in [3.05, 3.63) is 18.2 Å². The lowest BCUT2D eigenvalue weighted by molar-refractivity contribution is -0.139. The van der Waals surface area contributed by atoms with E-state index in [1.165, 1.54) is 12.5 Å². The second-order valence-corrected chi connectivity index (χ2v) is 4.09. The number of nitrogens with two attached hydrogens (primary N) is 1. The molecule has 0 fully saturated rings. The van der Waals surface area contributed by atoms with Crippen molar-refractivity contribution in [3.63, 3.8) is 0 Å². The molecule has 3 amide bonds. The van der Waals surface area contributed by atoms with Gasteiger partial charge in [-0.15, -0.1) is 0 Å². The lowest BCUT2D eigenvalue weighted by Crippen LogP contribution is -2.47. The average molecular weight is 299 g/mol. The van der Waals surface area contributed by atoms with Crippen LogP contribution < -0.4 is 16.4 Å². The Morgan fingerprint density at radius 2 is 2.24 bits per heavy atom. The number of primary amides is 1. The lowest BCUT2D eigenvalue weighted by Gasteiger charge is -2.14. The monoisotopic (exact) mass is 299 g/mol. The van der Waals surface area contributed by atoms with E-state index in [-0.39, 0.29) is 26.2 Å². The van der Waals surface area contributed by atoms with Gasteiger partial charge in [-0.05, 0) is 0 Å². The van der Waals surface area contributed by atoms with Crippen LogP contribution in [0.2, 0.25) is 0 Å². The van der Waals surface area contributed by atoms with E-state index < -0.39 is 23.9 Å². The number of hydrogen-bond donors (Lipinski definition) is 5. The minimum absolute atomic E-state index is 0.0843. The van der Waals surface area contributed by atoms with Gasteiger partial charge in [-0.1, -0.05) is 0 Å². The molecule has 0 aliphatic heterocycles. The lowest BCUT2D eigenvalue weighted by atomic mass is 10.2. The summed E-state index contributed by atoms with van der Waals surface area (Å²) < 4.78 is 4.84. The maximum atomic E-state index is 11.5. The van der Waals surface area contributed by atoms with E-state index in [9.17, 15) is 14.4 Å². The van der Waals surface area contributed by atoms with Crippen molar-refractivity contribution in [1.82, 2.24) is 20.6 Å². The number of carbonyl (C=O) groups is 3. The first kappa shape index (κ1) is 16.4. The highest BCUT2D eigenvalue weighted by atomic mass is 16.5. The second kappa shape index (κ2) is 8.53. The third kappa shape index (κ3) is 6.92. The van der Waals surface area contributed by atoms with Crippen LogP contribution >= 0.6 is 0 Å². The molecule has 0 aliphatic rings. The maximum absolute atomic E-state index is 11.5. The number of nitrogens with zero attached hydrogens (tertiary/aromatic N) is 1. The molecule has 1 unspecified atom stereocenters. The summed E-state index contributed by atoms with van der Waals surface area (Å²) in [5.74, 6) is -1.77. The van der Waals surface area contributed by atoms with Crippen LogP contribution in [0.15, 0.2) is 12.5 Å². The summed E-state index contributed by atoms with van der Waals surface area (Å²) in [5, 5.41) is 13.8. The Morgan fingerprint density at radius 1 is 1.48 bits per heavy atom. The van der Waals surface area contributed by atoms with Crippen molar-refractivity contribution in [1.29, 1.82) is 0 Å². The molecule has 116 valence electrons. The number of aliphatic carboxylic acids is 1. The number of rotatable bonds is 9. The van der Waals surface area contributed by atoms with Crippen LogP contribution in [-0.4, -0.2) is 58.8 Å². The van der Waals surface area contributed by atoms with Crippen molar-refractivity contribution in [2.45, 2.75) is 12.5 Å². The van der Waals surface area contributed by atoms with Gasteiger partial charge in [-0.2, -0.15) is 0 Å². The van der Waals surface area contributed by atoms with Gasteiger partial charge in [0.15, 0.2) is 0 Å². The highest BCUT2D eigenvalue weighted by Gasteiger charge is 2.20. The molecule has 1 rings (SSSR count). The van der Waals surface area contributed by atoms with Crippen molar-refractivity contribution in [2.24, 2.45) is 5.73 Å². The van der Waals surface area contributed by atoms with Gasteiger partial charge in [-0.25, -0.2) is 14.6 Å². The van der Waals surface area contributed by atoms with Crippen LogP contribution in [0.3, 0.4) is 0 Å². The molecule has 0 aliphatic carbocycles. The minimum atomic E-state index is -1.16. The van der Waals surface area contributed by atoms with Crippen LogP contribution in [0.25, 0.3) is 0 Å². The Balaban J connectivity index is 2.29. The highest BCUT2D eigenvalue weighted by Crippen LogP contribution is 1.98. The first-order valence-corrected chi connectivity index (χ1v) is 6.09. The van der Waals surface area contributed by atoms with Crippen molar-refractivity contribution < 1.29 is 24.2 Å². The fraction of sp³-hybridized carbons (Fsp3) is 0.455. The van der Waals surface area contributed by atoms with Gasteiger partial charge < -0.3 is 31.2 Å². The third-order valence-electron chi connectivity index (χ3n) is 2.36. The molecule has 0 saturated heterocycles. The van der Waals surface area contributed by atoms with Gasteiger partial charge >= 0.3 is 12.0 Å². The number of carbonyl (C=O) groups excluding carboxylic acids is 2. The number of hydrogen-bond acceptors (Lipinski definition) is 5. The van der Waals surface area contributed by atoms with Gasteiger partial charge in [0.05, 0.1) is 12.9 Å².